The van der Waals surface area contributed by atoms with Gasteiger partial charge in [-0.15, -0.1) is 0 Å². The van der Waals surface area contributed by atoms with Gasteiger partial charge in [0, 0.05) is 30.8 Å². The fourth-order valence-electron chi connectivity index (χ4n) is 3.48. The van der Waals surface area contributed by atoms with E-state index in [0.29, 0.717) is 24.0 Å². The molecule has 9 nitrogen and oxygen atoms in total. The first-order chi connectivity index (χ1) is 17.6. The maximum atomic E-state index is 11.5. The number of carbonyl (C=O) groups excluding carboxylic acids is 1. The van der Waals surface area contributed by atoms with Gasteiger partial charge in [-0.25, -0.2) is 15.0 Å². The van der Waals surface area contributed by atoms with Crippen LogP contribution in [0.2, 0.25) is 0 Å². The van der Waals surface area contributed by atoms with Crippen molar-refractivity contribution in [1.29, 1.82) is 0 Å². The van der Waals surface area contributed by atoms with Crippen LogP contribution >= 0.6 is 0 Å². The number of methoxy groups -OCH3 is 2. The largest absolute Gasteiger partial charge is 0.481 e. The molecule has 0 saturated carbocycles. The van der Waals surface area contributed by atoms with Crippen LogP contribution in [0.25, 0.3) is 17.0 Å². The van der Waals surface area contributed by atoms with E-state index in [9.17, 15) is 4.79 Å². The molecule has 2 aromatic carbocycles. The highest BCUT2D eigenvalue weighted by atomic mass is 16.5. The lowest BCUT2D eigenvalue weighted by Crippen LogP contribution is -2.26. The van der Waals surface area contributed by atoms with Crippen LogP contribution in [0.4, 0.5) is 11.5 Å². The molecule has 2 heterocycles. The number of pyridine rings is 1. The van der Waals surface area contributed by atoms with E-state index in [2.05, 4.69) is 25.6 Å². The Morgan fingerprint density at radius 2 is 1.92 bits per heavy atom. The molecule has 0 radical (unpaired) electrons. The predicted molar refractivity (Wildman–Crippen MR) is 139 cm³/mol. The fraction of sp³-hybridized carbons (Fsp3) is 0.185. The molecule has 4 aromatic rings. The summed E-state index contributed by atoms with van der Waals surface area (Å²) in [4.78, 5) is 24.5. The number of aryl methyl sites for hydroxylation is 1. The monoisotopic (exact) mass is 485 g/mol. The third kappa shape index (κ3) is 6.34. The van der Waals surface area contributed by atoms with Crippen molar-refractivity contribution < 1.29 is 19.0 Å². The molecule has 0 bridgehead atoms. The second kappa shape index (κ2) is 11.8. The molecule has 1 amide bonds. The summed E-state index contributed by atoms with van der Waals surface area (Å²) >= 11 is 0. The Balaban J connectivity index is 1.48. The third-order valence-electron chi connectivity index (χ3n) is 5.25. The maximum Gasteiger partial charge on any atom is 0.246 e. The molecule has 36 heavy (non-hydrogen) atoms. The summed E-state index contributed by atoms with van der Waals surface area (Å²) in [6.07, 6.45) is 6.98. The summed E-state index contributed by atoms with van der Waals surface area (Å²) < 4.78 is 15.9. The van der Waals surface area contributed by atoms with Crippen molar-refractivity contribution >= 4 is 34.4 Å². The summed E-state index contributed by atoms with van der Waals surface area (Å²) in [5, 5.41) is 7.02. The quantitative estimate of drug-likeness (QED) is 0.334. The van der Waals surface area contributed by atoms with Crippen LogP contribution in [0.3, 0.4) is 0 Å². The molecule has 0 atom stereocenters. The van der Waals surface area contributed by atoms with Crippen molar-refractivity contribution in [3.8, 4) is 17.4 Å². The van der Waals surface area contributed by atoms with Gasteiger partial charge >= 0.3 is 0 Å². The number of carbonyl (C=O) groups is 1. The molecule has 2 aromatic heterocycles. The first-order valence-electron chi connectivity index (χ1n) is 11.3. The summed E-state index contributed by atoms with van der Waals surface area (Å²) in [6, 6.07) is 15.3. The minimum Gasteiger partial charge on any atom is -0.481 e. The maximum absolute atomic E-state index is 11.5. The van der Waals surface area contributed by atoms with E-state index in [1.54, 1.807) is 19.4 Å². The second-order valence-electron chi connectivity index (χ2n) is 7.88. The van der Waals surface area contributed by atoms with Crippen LogP contribution in [-0.2, 0) is 9.53 Å². The van der Waals surface area contributed by atoms with E-state index in [4.69, 9.17) is 14.2 Å². The van der Waals surface area contributed by atoms with Gasteiger partial charge in [-0.05, 0) is 54.4 Å². The highest BCUT2D eigenvalue weighted by Gasteiger charge is 2.08. The van der Waals surface area contributed by atoms with Crippen molar-refractivity contribution in [1.82, 2.24) is 20.3 Å². The van der Waals surface area contributed by atoms with E-state index in [-0.39, 0.29) is 12.5 Å². The van der Waals surface area contributed by atoms with Gasteiger partial charge < -0.3 is 24.8 Å². The Hall–Kier alpha value is -4.50. The Labute approximate surface area is 209 Å². The van der Waals surface area contributed by atoms with Crippen LogP contribution in [0.5, 0.6) is 17.4 Å². The molecule has 0 saturated heterocycles. The summed E-state index contributed by atoms with van der Waals surface area (Å²) in [5.74, 6) is 2.41. The zero-order valence-corrected chi connectivity index (χ0v) is 20.3. The van der Waals surface area contributed by atoms with Crippen LogP contribution in [0.1, 0.15) is 11.1 Å². The number of hydrogen-bond donors (Lipinski definition) is 2. The van der Waals surface area contributed by atoms with Crippen LogP contribution in [0.15, 0.2) is 67.1 Å². The lowest BCUT2D eigenvalue weighted by molar-refractivity contribution is -0.124. The molecule has 0 unspecified atom stereocenters. The van der Waals surface area contributed by atoms with Crippen LogP contribution in [-0.4, -0.2) is 48.2 Å². The van der Waals surface area contributed by atoms with Crippen molar-refractivity contribution in [2.45, 2.75) is 6.92 Å². The molecule has 4 rings (SSSR count). The van der Waals surface area contributed by atoms with Crippen LogP contribution < -0.4 is 20.1 Å². The molecule has 9 heteroatoms. The average Bonchev–Trinajstić information content (AvgIpc) is 2.89. The first kappa shape index (κ1) is 24.6. The second-order valence-corrected chi connectivity index (χ2v) is 7.88. The molecule has 0 aliphatic carbocycles. The molecular formula is C27H27N5O4. The normalized spacial score (nSPS) is 11.0. The Kier molecular flexibility index (Phi) is 8.05. The number of fused-ring (bicyclic) bond motifs is 1. The zero-order chi connectivity index (χ0) is 25.3. The lowest BCUT2D eigenvalue weighted by Gasteiger charge is -2.13. The SMILES string of the molecule is COCC(=O)NC/C=C/c1ccc2ncnc(Nc3ccc(Oc4ccc(OC)nc4)c(C)c3)c2c1. The Morgan fingerprint density at radius 1 is 1.03 bits per heavy atom. The number of rotatable bonds is 10. The number of nitrogens with zero attached hydrogens (tertiary/aromatic N) is 3. The van der Waals surface area contributed by atoms with Gasteiger partial charge in [0.25, 0.3) is 0 Å². The average molecular weight is 486 g/mol. The number of anilines is 2. The number of hydrogen-bond acceptors (Lipinski definition) is 8. The smallest absolute Gasteiger partial charge is 0.246 e. The summed E-state index contributed by atoms with van der Waals surface area (Å²) in [7, 11) is 3.06. The number of benzene rings is 2. The standard InChI is InChI=1S/C27H27N5O4/c1-18-13-20(7-10-24(18)36-21-8-11-26(35-3)29-15-21)32-27-22-14-19(6-9-23(22)30-17-31-27)5-4-12-28-25(33)16-34-2/h4-11,13-15,17H,12,16H2,1-3H3,(H,28,33)(H,30,31,32)/b5-4+. The van der Waals surface area contributed by atoms with Gasteiger partial charge in [0.1, 0.15) is 30.3 Å². The molecule has 0 aliphatic heterocycles. The zero-order valence-electron chi connectivity index (χ0n) is 20.3. The molecule has 0 spiro atoms. The molecule has 0 fully saturated rings. The van der Waals surface area contributed by atoms with Crippen molar-refractivity contribution in [2.24, 2.45) is 0 Å². The van der Waals surface area contributed by atoms with E-state index >= 15 is 0 Å². The Morgan fingerprint density at radius 3 is 2.67 bits per heavy atom. The van der Waals surface area contributed by atoms with Crippen molar-refractivity contribution in [3.05, 3.63) is 78.3 Å². The number of amides is 1. The minimum atomic E-state index is -0.159. The summed E-state index contributed by atoms with van der Waals surface area (Å²) in [5.41, 5.74) is 3.61. The van der Waals surface area contributed by atoms with E-state index in [1.165, 1.54) is 13.4 Å². The van der Waals surface area contributed by atoms with Crippen LogP contribution in [0, 0.1) is 6.92 Å². The van der Waals surface area contributed by atoms with E-state index in [0.717, 1.165) is 33.5 Å². The number of nitrogens with one attached hydrogen (secondary N) is 2. The fourth-order valence-corrected chi connectivity index (χ4v) is 3.48. The molecule has 2 N–H and O–H groups in total. The van der Waals surface area contributed by atoms with Gasteiger partial charge in [-0.2, -0.15) is 0 Å². The Bertz CT molecular complexity index is 1370. The highest BCUT2D eigenvalue weighted by Crippen LogP contribution is 2.30. The van der Waals surface area contributed by atoms with Gasteiger partial charge in [-0.1, -0.05) is 18.2 Å². The van der Waals surface area contributed by atoms with Crippen molar-refractivity contribution in [2.75, 3.05) is 32.7 Å². The molecule has 184 valence electrons. The van der Waals surface area contributed by atoms with E-state index < -0.39 is 0 Å². The molecule has 0 aliphatic rings. The summed E-state index contributed by atoms with van der Waals surface area (Å²) in [6.45, 7) is 2.43. The third-order valence-corrected chi connectivity index (χ3v) is 5.25. The topological polar surface area (TPSA) is 107 Å². The van der Waals surface area contributed by atoms with Gasteiger partial charge in [0.15, 0.2) is 0 Å². The predicted octanol–water partition coefficient (Wildman–Crippen LogP) is 4.65. The van der Waals surface area contributed by atoms with E-state index in [1.807, 2.05) is 61.5 Å². The minimum absolute atomic E-state index is 0.0431. The van der Waals surface area contributed by atoms with Gasteiger partial charge in [0.2, 0.25) is 11.8 Å². The molecular weight excluding hydrogens is 458 g/mol. The highest BCUT2D eigenvalue weighted by molar-refractivity contribution is 5.92. The lowest BCUT2D eigenvalue weighted by atomic mass is 10.1. The first-order valence-corrected chi connectivity index (χ1v) is 11.3. The van der Waals surface area contributed by atoms with Crippen molar-refractivity contribution in [3.63, 3.8) is 0 Å². The number of ether oxygens (including phenoxy) is 3. The van der Waals surface area contributed by atoms with Gasteiger partial charge in [0.05, 0.1) is 18.8 Å². The number of aromatic nitrogens is 3. The van der Waals surface area contributed by atoms with Gasteiger partial charge in [-0.3, -0.25) is 4.79 Å².